The van der Waals surface area contributed by atoms with E-state index in [2.05, 4.69) is 6.58 Å². The number of allylic oxidation sites excluding steroid dienone is 3. The number of halogens is 1. The highest BCUT2D eigenvalue weighted by atomic mass is 35.5. The van der Waals surface area contributed by atoms with Crippen LogP contribution >= 0.6 is 11.6 Å². The second-order valence-corrected chi connectivity index (χ2v) is 1.42. The Morgan fingerprint density at radius 3 is 2.00 bits per heavy atom. The van der Waals surface area contributed by atoms with Crippen LogP contribution in [0.3, 0.4) is 0 Å². The average molecular weight is 86.5 g/mol. The van der Waals surface area contributed by atoms with E-state index < -0.39 is 0 Å². The van der Waals surface area contributed by atoms with Gasteiger partial charge in [-0.05, 0) is 11.6 Å². The quantitative estimate of drug-likeness (QED) is 0.421. The van der Waals surface area contributed by atoms with Crippen molar-refractivity contribution in [2.24, 2.45) is 0 Å². The van der Waals surface area contributed by atoms with Crippen LogP contribution in [0.4, 0.5) is 0 Å². The van der Waals surface area contributed by atoms with E-state index >= 15 is 0 Å². The van der Waals surface area contributed by atoms with Gasteiger partial charge in [-0.1, -0.05) is 18.2 Å². The monoisotopic (exact) mass is 86.0 g/mol. The first-order valence-electron chi connectivity index (χ1n) is 1.37. The molecule has 1 aliphatic carbocycles. The highest BCUT2D eigenvalue weighted by Gasteiger charge is 2.06. The minimum atomic E-state index is 0.824. The van der Waals surface area contributed by atoms with Gasteiger partial charge in [0, 0.05) is 5.03 Å². The van der Waals surface area contributed by atoms with Crippen LogP contribution in [-0.4, -0.2) is 0 Å². The Kier molecular flexibility index (Phi) is 0.376. The Morgan fingerprint density at radius 2 is 2.00 bits per heavy atom. The SMILES string of the molecule is C=C1C=C1Cl. The van der Waals surface area contributed by atoms with Gasteiger partial charge < -0.3 is 0 Å². The summed E-state index contributed by atoms with van der Waals surface area (Å²) in [5.74, 6) is 0. The molecule has 5 heavy (non-hydrogen) atoms. The Labute approximate surface area is 35.8 Å². The molecule has 0 N–H and O–H groups in total. The van der Waals surface area contributed by atoms with E-state index in [-0.39, 0.29) is 0 Å². The molecule has 1 heteroatoms. The standard InChI is InChI=1S/C4H3Cl/c1-3-2-4(3)5/h2H,1H2. The van der Waals surface area contributed by atoms with E-state index in [1.165, 1.54) is 0 Å². The average Bonchev–Trinajstić information content (AvgIpc) is 1.79. The molecule has 0 saturated carbocycles. The third-order valence-corrected chi connectivity index (χ3v) is 0.876. The maximum atomic E-state index is 5.30. The summed E-state index contributed by atoms with van der Waals surface area (Å²) >= 11 is 5.30. The van der Waals surface area contributed by atoms with E-state index in [1.807, 2.05) is 6.08 Å². The van der Waals surface area contributed by atoms with Crippen LogP contribution in [0.25, 0.3) is 0 Å². The lowest BCUT2D eigenvalue weighted by Gasteiger charge is -1.53. The minimum Gasteiger partial charge on any atom is -0.0902 e. The van der Waals surface area contributed by atoms with Crippen molar-refractivity contribution in [3.05, 3.63) is 23.3 Å². The second-order valence-electron chi connectivity index (χ2n) is 1.02. The molecule has 0 aliphatic heterocycles. The Morgan fingerprint density at radius 1 is 1.80 bits per heavy atom. The first-order chi connectivity index (χ1) is 2.30. The topological polar surface area (TPSA) is 0 Å². The van der Waals surface area contributed by atoms with Crippen molar-refractivity contribution in [1.82, 2.24) is 0 Å². The molecule has 26 valence electrons. The van der Waals surface area contributed by atoms with Crippen molar-refractivity contribution < 1.29 is 0 Å². The summed E-state index contributed by atoms with van der Waals surface area (Å²) in [6.45, 7) is 3.52. The van der Waals surface area contributed by atoms with Gasteiger partial charge in [-0.2, -0.15) is 0 Å². The summed E-state index contributed by atoms with van der Waals surface area (Å²) in [5, 5.41) is 0.824. The molecular formula is C4H3Cl. The fourth-order valence-corrected chi connectivity index (χ4v) is 0.249. The fourth-order valence-electron chi connectivity index (χ4n) is 0.117. The zero-order chi connectivity index (χ0) is 3.86. The number of hydrogen-bond acceptors (Lipinski definition) is 0. The number of rotatable bonds is 0. The first-order valence-corrected chi connectivity index (χ1v) is 1.75. The highest BCUT2D eigenvalue weighted by Crippen LogP contribution is 2.28. The van der Waals surface area contributed by atoms with Crippen LogP contribution in [0.15, 0.2) is 23.3 Å². The molecule has 0 fully saturated rings. The molecule has 0 atom stereocenters. The molecular weight excluding hydrogens is 83.5 g/mol. The van der Waals surface area contributed by atoms with Gasteiger partial charge in [0.1, 0.15) is 0 Å². The molecule has 0 spiro atoms. The van der Waals surface area contributed by atoms with Crippen LogP contribution in [0, 0.1) is 0 Å². The summed E-state index contributed by atoms with van der Waals surface area (Å²) in [6, 6.07) is 0. The summed E-state index contributed by atoms with van der Waals surface area (Å²) in [7, 11) is 0. The van der Waals surface area contributed by atoms with Gasteiger partial charge in [0.25, 0.3) is 0 Å². The van der Waals surface area contributed by atoms with E-state index in [0.29, 0.717) is 0 Å². The Hall–Kier alpha value is -0.230. The van der Waals surface area contributed by atoms with Crippen molar-refractivity contribution in [2.45, 2.75) is 0 Å². The third-order valence-electron chi connectivity index (χ3n) is 0.524. The molecule has 1 rings (SSSR count). The smallest absolute Gasteiger partial charge is 0.0479 e. The summed E-state index contributed by atoms with van der Waals surface area (Å²) in [5.41, 5.74) is 0.978. The second kappa shape index (κ2) is 0.631. The van der Waals surface area contributed by atoms with Gasteiger partial charge in [0.2, 0.25) is 0 Å². The van der Waals surface area contributed by atoms with Crippen molar-refractivity contribution >= 4 is 11.6 Å². The molecule has 0 saturated heterocycles. The van der Waals surface area contributed by atoms with Gasteiger partial charge in [-0.15, -0.1) is 0 Å². The van der Waals surface area contributed by atoms with E-state index in [4.69, 9.17) is 11.6 Å². The van der Waals surface area contributed by atoms with Crippen LogP contribution in [0.5, 0.6) is 0 Å². The molecule has 0 nitrogen and oxygen atoms in total. The maximum Gasteiger partial charge on any atom is 0.0479 e. The van der Waals surface area contributed by atoms with Gasteiger partial charge >= 0.3 is 0 Å². The molecule has 0 amide bonds. The van der Waals surface area contributed by atoms with E-state index in [0.717, 1.165) is 10.6 Å². The van der Waals surface area contributed by atoms with Crippen molar-refractivity contribution in [3.63, 3.8) is 0 Å². The molecule has 1 aliphatic rings. The van der Waals surface area contributed by atoms with Crippen molar-refractivity contribution in [2.75, 3.05) is 0 Å². The summed E-state index contributed by atoms with van der Waals surface area (Å²) in [6.07, 6.45) is 1.82. The van der Waals surface area contributed by atoms with E-state index in [9.17, 15) is 0 Å². The van der Waals surface area contributed by atoms with Crippen molar-refractivity contribution in [1.29, 1.82) is 0 Å². The zero-order valence-electron chi connectivity index (χ0n) is 2.66. The van der Waals surface area contributed by atoms with Gasteiger partial charge in [0.05, 0.1) is 0 Å². The summed E-state index contributed by atoms with van der Waals surface area (Å²) in [4.78, 5) is 0. The first kappa shape index (κ1) is 2.98. The van der Waals surface area contributed by atoms with Crippen LogP contribution in [0.2, 0.25) is 0 Å². The highest BCUT2D eigenvalue weighted by molar-refractivity contribution is 6.36. The molecule has 0 unspecified atom stereocenters. The third kappa shape index (κ3) is 0.355. The van der Waals surface area contributed by atoms with Gasteiger partial charge in [0.15, 0.2) is 0 Å². The van der Waals surface area contributed by atoms with Crippen LogP contribution in [-0.2, 0) is 0 Å². The normalized spacial score (nSPS) is 18.6. The molecule has 0 aromatic rings. The molecule has 0 heterocycles. The van der Waals surface area contributed by atoms with E-state index in [1.54, 1.807) is 0 Å². The van der Waals surface area contributed by atoms with Gasteiger partial charge in [-0.3, -0.25) is 0 Å². The predicted molar refractivity (Wildman–Crippen MR) is 23.1 cm³/mol. The zero-order valence-corrected chi connectivity index (χ0v) is 3.42. The Balaban J connectivity index is 2.69. The lowest BCUT2D eigenvalue weighted by molar-refractivity contribution is 2.12. The molecule has 0 bridgehead atoms. The largest absolute Gasteiger partial charge is 0.0902 e. The summed E-state index contributed by atoms with van der Waals surface area (Å²) < 4.78 is 0. The van der Waals surface area contributed by atoms with Gasteiger partial charge in [-0.25, -0.2) is 0 Å². The lowest BCUT2D eigenvalue weighted by Crippen LogP contribution is -1.30. The van der Waals surface area contributed by atoms with Crippen molar-refractivity contribution in [3.8, 4) is 0 Å². The maximum absolute atomic E-state index is 5.30. The minimum absolute atomic E-state index is 0.824. The molecule has 0 aromatic carbocycles. The Bertz CT molecular complexity index is 100. The van der Waals surface area contributed by atoms with Crippen LogP contribution in [0.1, 0.15) is 0 Å². The van der Waals surface area contributed by atoms with Crippen LogP contribution < -0.4 is 0 Å². The number of hydrogen-bond donors (Lipinski definition) is 0. The fraction of sp³-hybridized carbons (Fsp3) is 0. The molecule has 0 radical (unpaired) electrons. The lowest BCUT2D eigenvalue weighted by atomic mass is 10.7. The molecule has 0 aromatic heterocycles. The predicted octanol–water partition coefficient (Wildman–Crippen LogP) is 1.68.